The smallest absolute Gasteiger partial charge is 0.414 e. The van der Waals surface area contributed by atoms with E-state index in [1.165, 1.54) is 23.8 Å². The minimum atomic E-state index is -1.82. The van der Waals surface area contributed by atoms with Crippen LogP contribution < -0.4 is 14.8 Å². The number of fused-ring (bicyclic) bond motifs is 1. The highest BCUT2D eigenvalue weighted by Crippen LogP contribution is 2.40. The van der Waals surface area contributed by atoms with Gasteiger partial charge in [0, 0.05) is 41.2 Å². The van der Waals surface area contributed by atoms with Gasteiger partial charge in [-0.1, -0.05) is 30.3 Å². The first-order chi connectivity index (χ1) is 19.5. The minimum absolute atomic E-state index is 0.163. The Morgan fingerprint density at radius 3 is 2.00 bits per heavy atom. The number of carboxylic acids is 4. The molecule has 1 unspecified atom stereocenters. The maximum atomic E-state index is 9.10. The third kappa shape index (κ3) is 9.51. The summed E-state index contributed by atoms with van der Waals surface area (Å²) in [5, 5.41) is 34.7. The van der Waals surface area contributed by atoms with E-state index < -0.39 is 23.9 Å². The topological polar surface area (TPSA) is 199 Å². The third-order valence-corrected chi connectivity index (χ3v) is 6.50. The first kappa shape index (κ1) is 32.6. The highest BCUT2D eigenvalue weighted by atomic mass is 16.5. The predicted octanol–water partition coefficient (Wildman–Crippen LogP) is 2.31. The monoisotopic (exact) mass is 573 g/mol. The number of carboxylic acid groups (broad SMARTS) is 4. The highest BCUT2D eigenvalue weighted by molar-refractivity contribution is 6.27. The average molecular weight is 574 g/mol. The zero-order valence-corrected chi connectivity index (χ0v) is 23.0. The van der Waals surface area contributed by atoms with E-state index in [1.807, 2.05) is 12.1 Å². The van der Waals surface area contributed by atoms with Crippen LogP contribution in [0.1, 0.15) is 29.9 Å². The van der Waals surface area contributed by atoms with Crippen LogP contribution in [0.5, 0.6) is 11.5 Å². The summed E-state index contributed by atoms with van der Waals surface area (Å²) in [6.07, 6.45) is 4.52. The number of H-pyrrole nitrogens is 1. The maximum absolute atomic E-state index is 9.10. The van der Waals surface area contributed by atoms with Gasteiger partial charge in [0.2, 0.25) is 0 Å². The first-order valence-corrected chi connectivity index (χ1v) is 12.6. The van der Waals surface area contributed by atoms with Gasteiger partial charge in [-0.2, -0.15) is 0 Å². The number of aromatic nitrogens is 1. The van der Waals surface area contributed by atoms with Crippen LogP contribution in [0.15, 0.2) is 48.7 Å². The number of nitrogens with zero attached hydrogens (tertiary/aromatic N) is 1. The second kappa shape index (κ2) is 15.8. The molecule has 0 spiro atoms. The second-order valence-electron chi connectivity index (χ2n) is 9.13. The van der Waals surface area contributed by atoms with Crippen molar-refractivity contribution in [3.63, 3.8) is 0 Å². The fraction of sp³-hybridized carbons (Fsp3) is 0.357. The first-order valence-electron chi connectivity index (χ1n) is 12.6. The summed E-state index contributed by atoms with van der Waals surface area (Å²) in [5.41, 5.74) is 3.60. The molecule has 2 aromatic carbocycles. The lowest BCUT2D eigenvalue weighted by Crippen LogP contribution is -2.42. The second-order valence-corrected chi connectivity index (χ2v) is 9.13. The number of ether oxygens (including phenoxy) is 2. The summed E-state index contributed by atoms with van der Waals surface area (Å²) >= 11 is 0. The van der Waals surface area contributed by atoms with Crippen molar-refractivity contribution in [2.75, 3.05) is 40.9 Å². The van der Waals surface area contributed by atoms with Crippen LogP contribution in [0.2, 0.25) is 0 Å². The van der Waals surface area contributed by atoms with Crippen molar-refractivity contribution in [2.24, 2.45) is 0 Å². The zero-order chi connectivity index (χ0) is 30.5. The van der Waals surface area contributed by atoms with E-state index in [4.69, 9.17) is 49.1 Å². The molecule has 1 fully saturated rings. The summed E-state index contributed by atoms with van der Waals surface area (Å²) in [6, 6.07) is 15.2. The number of benzene rings is 2. The van der Waals surface area contributed by atoms with Gasteiger partial charge in [-0.05, 0) is 50.7 Å². The SMILES string of the molecule is COc1cccc(C(CNC2CCN(C)CC2)c2c[nH]c3ccccc23)c1OC.O=C(O)C(=O)O.O=C(O)C(=O)O. The van der Waals surface area contributed by atoms with Gasteiger partial charge in [0.05, 0.1) is 14.2 Å². The highest BCUT2D eigenvalue weighted by Gasteiger charge is 2.25. The molecule has 4 rings (SSSR count). The summed E-state index contributed by atoms with van der Waals surface area (Å²) in [4.78, 5) is 42.2. The summed E-state index contributed by atoms with van der Waals surface area (Å²) in [5.74, 6) is -5.55. The van der Waals surface area contributed by atoms with E-state index in [0.29, 0.717) is 6.04 Å². The Morgan fingerprint density at radius 1 is 0.878 bits per heavy atom. The zero-order valence-electron chi connectivity index (χ0n) is 23.0. The van der Waals surface area contributed by atoms with E-state index >= 15 is 0 Å². The van der Waals surface area contributed by atoms with Crippen LogP contribution in [0.25, 0.3) is 10.9 Å². The largest absolute Gasteiger partial charge is 0.493 e. The molecule has 1 saturated heterocycles. The van der Waals surface area contributed by atoms with E-state index in [0.717, 1.165) is 42.2 Å². The number of aliphatic carboxylic acids is 4. The van der Waals surface area contributed by atoms with Crippen molar-refractivity contribution in [2.45, 2.75) is 24.8 Å². The molecule has 1 aliphatic heterocycles. The van der Waals surface area contributed by atoms with Gasteiger partial charge in [-0.15, -0.1) is 0 Å². The summed E-state index contributed by atoms with van der Waals surface area (Å²) in [6.45, 7) is 3.16. The molecule has 13 nitrogen and oxygen atoms in total. The fourth-order valence-corrected chi connectivity index (χ4v) is 4.45. The number of para-hydroxylation sites is 2. The summed E-state index contributed by atoms with van der Waals surface area (Å²) in [7, 11) is 5.61. The van der Waals surface area contributed by atoms with Crippen molar-refractivity contribution < 1.29 is 49.1 Å². The van der Waals surface area contributed by atoms with Crippen LogP contribution >= 0.6 is 0 Å². The molecular weight excluding hydrogens is 538 g/mol. The Labute approximate surface area is 236 Å². The number of methoxy groups -OCH3 is 2. The normalized spacial score (nSPS) is 14.0. The van der Waals surface area contributed by atoms with Gasteiger partial charge in [0.1, 0.15) is 0 Å². The lowest BCUT2D eigenvalue weighted by Gasteiger charge is -2.31. The molecule has 0 amide bonds. The minimum Gasteiger partial charge on any atom is -0.493 e. The van der Waals surface area contributed by atoms with E-state index in [-0.39, 0.29) is 5.92 Å². The van der Waals surface area contributed by atoms with Crippen molar-refractivity contribution in [1.82, 2.24) is 15.2 Å². The molecule has 1 aliphatic rings. The lowest BCUT2D eigenvalue weighted by atomic mass is 9.89. The van der Waals surface area contributed by atoms with Gasteiger partial charge < -0.3 is 45.1 Å². The Morgan fingerprint density at radius 2 is 1.46 bits per heavy atom. The number of hydrogen-bond donors (Lipinski definition) is 6. The molecule has 0 saturated carbocycles. The fourth-order valence-electron chi connectivity index (χ4n) is 4.45. The molecule has 13 heteroatoms. The van der Waals surface area contributed by atoms with Gasteiger partial charge >= 0.3 is 23.9 Å². The van der Waals surface area contributed by atoms with Gasteiger partial charge in [0.25, 0.3) is 0 Å². The van der Waals surface area contributed by atoms with Crippen LogP contribution in [0, 0.1) is 0 Å². The lowest BCUT2D eigenvalue weighted by molar-refractivity contribution is -0.159. The van der Waals surface area contributed by atoms with E-state index in [9.17, 15) is 0 Å². The number of carbonyl (C=O) groups is 4. The van der Waals surface area contributed by atoms with Crippen molar-refractivity contribution in [3.8, 4) is 11.5 Å². The molecule has 6 N–H and O–H groups in total. The Bertz CT molecular complexity index is 1280. The number of nitrogens with one attached hydrogen (secondary N) is 2. The van der Waals surface area contributed by atoms with Gasteiger partial charge in [-0.25, -0.2) is 19.2 Å². The standard InChI is InChI=1S/C24H31N3O2.2C2H2O4/c1-27-13-11-17(12-14-27)25-15-21(19-8-6-10-23(28-2)24(19)29-3)20-16-26-22-9-5-4-7-18(20)22;2*3-1(4)2(5)6/h4-10,16-17,21,25-26H,11-15H2,1-3H3;2*(H,3,4)(H,5,6). The van der Waals surface area contributed by atoms with Crippen LogP contribution in [0.3, 0.4) is 0 Å². The molecule has 0 bridgehead atoms. The van der Waals surface area contributed by atoms with E-state index in [1.54, 1.807) is 14.2 Å². The molecule has 0 radical (unpaired) electrons. The number of likely N-dealkylation sites (tertiary alicyclic amines) is 1. The van der Waals surface area contributed by atoms with Crippen LogP contribution in [-0.2, 0) is 19.2 Å². The molecular formula is C28H35N3O10. The summed E-state index contributed by atoms with van der Waals surface area (Å²) < 4.78 is 11.4. The molecule has 3 aromatic rings. The number of aromatic amines is 1. The number of hydrogen-bond acceptors (Lipinski definition) is 8. The molecule has 2 heterocycles. The number of piperidine rings is 1. The molecule has 222 valence electrons. The Hall–Kier alpha value is -4.62. The van der Waals surface area contributed by atoms with Crippen molar-refractivity contribution in [3.05, 3.63) is 59.8 Å². The molecule has 0 aliphatic carbocycles. The van der Waals surface area contributed by atoms with E-state index in [2.05, 4.69) is 58.8 Å². The Kier molecular flexibility index (Phi) is 12.6. The molecule has 1 atom stereocenters. The molecule has 1 aromatic heterocycles. The van der Waals surface area contributed by atoms with Crippen LogP contribution in [-0.4, -0.2) is 101 Å². The van der Waals surface area contributed by atoms with Gasteiger partial charge in [0.15, 0.2) is 11.5 Å². The van der Waals surface area contributed by atoms with Crippen molar-refractivity contribution >= 4 is 34.8 Å². The van der Waals surface area contributed by atoms with Crippen molar-refractivity contribution in [1.29, 1.82) is 0 Å². The quantitative estimate of drug-likeness (QED) is 0.226. The Balaban J connectivity index is 0.000000413. The van der Waals surface area contributed by atoms with Crippen LogP contribution in [0.4, 0.5) is 0 Å². The maximum Gasteiger partial charge on any atom is 0.414 e. The number of rotatable bonds is 7. The third-order valence-electron chi connectivity index (χ3n) is 6.50. The average Bonchev–Trinajstić information content (AvgIpc) is 3.38. The van der Waals surface area contributed by atoms with Gasteiger partial charge in [-0.3, -0.25) is 0 Å². The molecule has 41 heavy (non-hydrogen) atoms. The predicted molar refractivity (Wildman–Crippen MR) is 149 cm³/mol.